The molecule has 0 amide bonds. The lowest BCUT2D eigenvalue weighted by Crippen LogP contribution is -2.30. The highest BCUT2D eigenvalue weighted by atomic mass is 32.2. The third-order valence-corrected chi connectivity index (χ3v) is 5.02. The van der Waals surface area contributed by atoms with Gasteiger partial charge in [0.2, 0.25) is 10.0 Å². The predicted molar refractivity (Wildman–Crippen MR) is 64.6 cm³/mol. The van der Waals surface area contributed by atoms with E-state index in [9.17, 15) is 8.42 Å². The summed E-state index contributed by atoms with van der Waals surface area (Å²) < 4.78 is 25.7. The Kier molecular flexibility index (Phi) is 4.31. The minimum absolute atomic E-state index is 0.373. The van der Waals surface area contributed by atoms with E-state index in [1.165, 1.54) is 5.56 Å². The van der Waals surface area contributed by atoms with Crippen LogP contribution < -0.4 is 4.72 Å². The number of hydrogen-bond acceptors (Lipinski definition) is 3. The van der Waals surface area contributed by atoms with E-state index in [1.54, 1.807) is 25.2 Å². The van der Waals surface area contributed by atoms with E-state index in [0.717, 1.165) is 11.3 Å². The molecule has 0 aliphatic heterocycles. The van der Waals surface area contributed by atoms with Crippen LogP contribution in [0.1, 0.15) is 31.2 Å². The third-order valence-electron chi connectivity index (χ3n) is 2.27. The van der Waals surface area contributed by atoms with E-state index in [2.05, 4.69) is 11.6 Å². The number of nitrogens with one attached hydrogen (secondary N) is 1. The van der Waals surface area contributed by atoms with Gasteiger partial charge in [-0.1, -0.05) is 6.92 Å². The maximum atomic E-state index is 11.5. The van der Waals surface area contributed by atoms with Crippen LogP contribution in [0.5, 0.6) is 0 Å². The molecule has 1 heterocycles. The topological polar surface area (TPSA) is 46.2 Å². The fraction of sp³-hybridized carbons (Fsp3) is 0.600. The molecule has 0 bridgehead atoms. The summed E-state index contributed by atoms with van der Waals surface area (Å²) in [6, 6.07) is 2.05. The second-order valence-electron chi connectivity index (χ2n) is 3.64. The Labute approximate surface area is 95.6 Å². The van der Waals surface area contributed by atoms with Crippen LogP contribution in [0, 0.1) is 0 Å². The zero-order valence-electron chi connectivity index (χ0n) is 9.28. The van der Waals surface area contributed by atoms with Crippen LogP contribution in [0.15, 0.2) is 11.4 Å². The van der Waals surface area contributed by atoms with Crippen molar-refractivity contribution in [1.82, 2.24) is 4.72 Å². The Morgan fingerprint density at radius 2 is 2.13 bits per heavy atom. The number of sulfonamides is 1. The highest BCUT2D eigenvalue weighted by Crippen LogP contribution is 2.17. The maximum absolute atomic E-state index is 11.5. The minimum atomic E-state index is -3.14. The molecule has 0 aromatic carbocycles. The highest BCUT2D eigenvalue weighted by Gasteiger charge is 2.15. The van der Waals surface area contributed by atoms with Crippen LogP contribution in [-0.4, -0.2) is 13.7 Å². The van der Waals surface area contributed by atoms with E-state index in [0.29, 0.717) is 6.54 Å². The second-order valence-corrected chi connectivity index (χ2v) is 6.96. The lowest BCUT2D eigenvalue weighted by molar-refractivity contribution is 0.572. The van der Waals surface area contributed by atoms with E-state index < -0.39 is 10.0 Å². The first-order valence-corrected chi connectivity index (χ1v) is 7.43. The molecule has 0 saturated heterocycles. The quantitative estimate of drug-likeness (QED) is 0.866. The molecule has 0 aliphatic carbocycles. The smallest absolute Gasteiger partial charge is 0.212 e. The van der Waals surface area contributed by atoms with Gasteiger partial charge in [0.1, 0.15) is 0 Å². The van der Waals surface area contributed by atoms with Gasteiger partial charge in [0, 0.05) is 11.4 Å². The van der Waals surface area contributed by atoms with Gasteiger partial charge in [0.05, 0.1) is 5.25 Å². The van der Waals surface area contributed by atoms with Crippen molar-refractivity contribution in [2.24, 2.45) is 0 Å². The molecule has 1 rings (SSSR count). The molecule has 0 radical (unpaired) electrons. The fourth-order valence-electron chi connectivity index (χ4n) is 1.17. The third kappa shape index (κ3) is 3.29. The maximum Gasteiger partial charge on any atom is 0.214 e. The molecule has 0 unspecified atom stereocenters. The first-order chi connectivity index (χ1) is 6.97. The van der Waals surface area contributed by atoms with Crippen molar-refractivity contribution < 1.29 is 8.42 Å². The van der Waals surface area contributed by atoms with Crippen LogP contribution in [0.2, 0.25) is 0 Å². The van der Waals surface area contributed by atoms with Gasteiger partial charge >= 0.3 is 0 Å². The Balaban J connectivity index is 2.66. The molecule has 1 aromatic rings. The molecule has 15 heavy (non-hydrogen) atoms. The Morgan fingerprint density at radius 3 is 2.67 bits per heavy atom. The van der Waals surface area contributed by atoms with E-state index >= 15 is 0 Å². The molecule has 3 nitrogen and oxygen atoms in total. The van der Waals surface area contributed by atoms with E-state index in [1.807, 2.05) is 11.4 Å². The van der Waals surface area contributed by atoms with Gasteiger partial charge < -0.3 is 0 Å². The van der Waals surface area contributed by atoms with Gasteiger partial charge in [-0.05, 0) is 37.3 Å². The molecule has 1 N–H and O–H groups in total. The van der Waals surface area contributed by atoms with Crippen molar-refractivity contribution >= 4 is 21.4 Å². The zero-order valence-corrected chi connectivity index (χ0v) is 10.9. The predicted octanol–water partition coefficient (Wildman–Crippen LogP) is 2.14. The van der Waals surface area contributed by atoms with Crippen LogP contribution in [0.25, 0.3) is 0 Å². The van der Waals surface area contributed by atoms with Crippen LogP contribution >= 0.6 is 11.3 Å². The van der Waals surface area contributed by atoms with E-state index in [4.69, 9.17) is 0 Å². The van der Waals surface area contributed by atoms with Crippen molar-refractivity contribution in [2.75, 3.05) is 0 Å². The normalized spacial score (nSPS) is 12.3. The average Bonchev–Trinajstić information content (AvgIpc) is 2.61. The molecular formula is C10H17NO2S2. The lowest BCUT2D eigenvalue weighted by atomic mass is 10.2. The number of aryl methyl sites for hydroxylation is 1. The Morgan fingerprint density at radius 1 is 1.47 bits per heavy atom. The van der Waals surface area contributed by atoms with Gasteiger partial charge in [-0.3, -0.25) is 0 Å². The molecule has 86 valence electrons. The molecular weight excluding hydrogens is 230 g/mol. The van der Waals surface area contributed by atoms with Crippen molar-refractivity contribution in [3.8, 4) is 0 Å². The summed E-state index contributed by atoms with van der Waals surface area (Å²) in [6.07, 6.45) is 0.947. The van der Waals surface area contributed by atoms with Crippen molar-refractivity contribution in [3.05, 3.63) is 21.9 Å². The molecule has 5 heteroatoms. The molecule has 0 saturated carbocycles. The fourth-order valence-corrected chi connectivity index (χ4v) is 2.86. The molecule has 0 spiro atoms. The van der Waals surface area contributed by atoms with Gasteiger partial charge in [-0.15, -0.1) is 11.3 Å². The van der Waals surface area contributed by atoms with Crippen LogP contribution in [0.4, 0.5) is 0 Å². The Hall–Kier alpha value is -0.390. The van der Waals surface area contributed by atoms with Crippen molar-refractivity contribution in [1.29, 1.82) is 0 Å². The largest absolute Gasteiger partial charge is 0.214 e. The van der Waals surface area contributed by atoms with Crippen molar-refractivity contribution in [2.45, 2.75) is 39.0 Å². The second kappa shape index (κ2) is 5.09. The summed E-state index contributed by atoms with van der Waals surface area (Å²) in [4.78, 5) is 1.11. The first-order valence-electron chi connectivity index (χ1n) is 5.01. The summed E-state index contributed by atoms with van der Waals surface area (Å²) in [5.74, 6) is 0. The van der Waals surface area contributed by atoms with Crippen LogP contribution in [0.3, 0.4) is 0 Å². The molecule has 0 aliphatic rings. The van der Waals surface area contributed by atoms with Gasteiger partial charge in [-0.25, -0.2) is 13.1 Å². The number of rotatable bonds is 5. The first kappa shape index (κ1) is 12.7. The number of hydrogen-bond donors (Lipinski definition) is 1. The SMILES string of the molecule is CCc1ccsc1CNS(=O)(=O)C(C)C. The van der Waals surface area contributed by atoms with Gasteiger partial charge in [0.15, 0.2) is 0 Å². The van der Waals surface area contributed by atoms with Crippen molar-refractivity contribution in [3.63, 3.8) is 0 Å². The molecule has 1 aromatic heterocycles. The Bertz CT molecular complexity index is 407. The lowest BCUT2D eigenvalue weighted by Gasteiger charge is -2.09. The summed E-state index contributed by atoms with van der Waals surface area (Å²) in [5.41, 5.74) is 1.23. The van der Waals surface area contributed by atoms with Gasteiger partial charge in [0.25, 0.3) is 0 Å². The van der Waals surface area contributed by atoms with Gasteiger partial charge in [-0.2, -0.15) is 0 Å². The average molecular weight is 247 g/mol. The summed E-state index contributed by atoms with van der Waals surface area (Å²) in [7, 11) is -3.14. The summed E-state index contributed by atoms with van der Waals surface area (Å²) in [6.45, 7) is 5.85. The van der Waals surface area contributed by atoms with Crippen LogP contribution in [-0.2, 0) is 23.0 Å². The molecule has 0 atom stereocenters. The standard InChI is InChI=1S/C10H17NO2S2/c1-4-9-5-6-14-10(9)7-11-15(12,13)8(2)3/h5-6,8,11H,4,7H2,1-3H3. The monoisotopic (exact) mass is 247 g/mol. The summed E-state index contributed by atoms with van der Waals surface area (Å²) in [5, 5.41) is 1.63. The summed E-state index contributed by atoms with van der Waals surface area (Å²) >= 11 is 1.60. The number of thiophene rings is 1. The molecule has 0 fully saturated rings. The highest BCUT2D eigenvalue weighted by molar-refractivity contribution is 7.90. The zero-order chi connectivity index (χ0) is 11.5. The van der Waals surface area contributed by atoms with E-state index in [-0.39, 0.29) is 5.25 Å². The minimum Gasteiger partial charge on any atom is -0.212 e.